The number of carbonyl (C=O) groups excluding carboxylic acids is 1. The SMILES string of the molecule is O=C(NC[C@@H]1CC[C@]2(COCCN(c3ccnc(C(F)(F)F)n3)C2)O1)c1cccnc1. The van der Waals surface area contributed by atoms with Gasteiger partial charge in [-0.1, -0.05) is 0 Å². The van der Waals surface area contributed by atoms with E-state index in [2.05, 4.69) is 20.3 Å². The molecule has 1 N–H and O–H groups in total. The Hall–Kier alpha value is -2.79. The second-order valence-electron chi connectivity index (χ2n) is 7.62. The average Bonchev–Trinajstić information content (AvgIpc) is 3.04. The first-order valence-electron chi connectivity index (χ1n) is 9.94. The molecule has 0 bridgehead atoms. The zero-order valence-electron chi connectivity index (χ0n) is 16.6. The zero-order valence-corrected chi connectivity index (χ0v) is 16.6. The third kappa shape index (κ3) is 5.10. The quantitative estimate of drug-likeness (QED) is 0.783. The van der Waals surface area contributed by atoms with Crippen LogP contribution in [0.15, 0.2) is 36.8 Å². The van der Waals surface area contributed by atoms with Gasteiger partial charge in [-0.05, 0) is 31.0 Å². The number of rotatable bonds is 4. The minimum atomic E-state index is -4.61. The summed E-state index contributed by atoms with van der Waals surface area (Å²) in [6.07, 6.45) is 0.706. The highest BCUT2D eigenvalue weighted by atomic mass is 19.4. The molecule has 0 unspecified atom stereocenters. The van der Waals surface area contributed by atoms with Gasteiger partial charge in [0.15, 0.2) is 0 Å². The molecule has 1 amide bonds. The van der Waals surface area contributed by atoms with Gasteiger partial charge in [-0.25, -0.2) is 9.97 Å². The number of alkyl halides is 3. The van der Waals surface area contributed by atoms with Gasteiger partial charge >= 0.3 is 6.18 Å². The van der Waals surface area contributed by atoms with Gasteiger partial charge in [-0.2, -0.15) is 13.2 Å². The van der Waals surface area contributed by atoms with E-state index >= 15 is 0 Å². The van der Waals surface area contributed by atoms with Gasteiger partial charge in [-0.3, -0.25) is 9.78 Å². The molecule has 166 valence electrons. The molecule has 2 aliphatic heterocycles. The fourth-order valence-corrected chi connectivity index (χ4v) is 3.83. The topological polar surface area (TPSA) is 89.5 Å². The van der Waals surface area contributed by atoms with Crippen LogP contribution in [0.3, 0.4) is 0 Å². The van der Waals surface area contributed by atoms with Crippen molar-refractivity contribution in [2.75, 3.05) is 37.7 Å². The number of aromatic nitrogens is 3. The lowest BCUT2D eigenvalue weighted by atomic mass is 10.00. The molecule has 4 heterocycles. The number of halogens is 3. The van der Waals surface area contributed by atoms with E-state index < -0.39 is 17.6 Å². The van der Waals surface area contributed by atoms with Crippen LogP contribution < -0.4 is 10.2 Å². The third-order valence-electron chi connectivity index (χ3n) is 5.32. The fourth-order valence-electron chi connectivity index (χ4n) is 3.83. The Morgan fingerprint density at radius 1 is 1.32 bits per heavy atom. The molecule has 2 aromatic rings. The third-order valence-corrected chi connectivity index (χ3v) is 5.32. The molecule has 2 atom stereocenters. The normalized spacial score (nSPS) is 24.2. The first kappa shape index (κ1) is 21.4. The van der Waals surface area contributed by atoms with E-state index in [1.54, 1.807) is 23.2 Å². The highest BCUT2D eigenvalue weighted by Gasteiger charge is 2.44. The van der Waals surface area contributed by atoms with Crippen LogP contribution in [0, 0.1) is 0 Å². The minimum Gasteiger partial charge on any atom is -0.377 e. The summed E-state index contributed by atoms with van der Waals surface area (Å²) < 4.78 is 50.9. The van der Waals surface area contributed by atoms with Crippen LogP contribution >= 0.6 is 0 Å². The van der Waals surface area contributed by atoms with Crippen molar-refractivity contribution in [2.24, 2.45) is 0 Å². The standard InChI is InChI=1S/C20H22F3N5O3/c21-20(22,23)18-25-7-4-16(27-18)28-8-9-30-13-19(12-28)5-3-15(31-19)11-26-17(29)14-2-1-6-24-10-14/h1-2,4,6-7,10,15H,3,5,8-9,11-13H2,(H,26,29)/t15-,19-/m0/s1. The summed E-state index contributed by atoms with van der Waals surface area (Å²) >= 11 is 0. The highest BCUT2D eigenvalue weighted by Crippen LogP contribution is 2.34. The Labute approximate surface area is 176 Å². The average molecular weight is 437 g/mol. The van der Waals surface area contributed by atoms with Gasteiger partial charge in [0.25, 0.3) is 5.91 Å². The maximum atomic E-state index is 13.0. The van der Waals surface area contributed by atoms with Crippen molar-refractivity contribution in [3.63, 3.8) is 0 Å². The summed E-state index contributed by atoms with van der Waals surface area (Å²) in [4.78, 5) is 24.9. The highest BCUT2D eigenvalue weighted by molar-refractivity contribution is 5.93. The Bertz CT molecular complexity index is 914. The van der Waals surface area contributed by atoms with Gasteiger partial charge in [0.1, 0.15) is 11.4 Å². The predicted octanol–water partition coefficient (Wildman–Crippen LogP) is 2.07. The molecule has 0 saturated carbocycles. The van der Waals surface area contributed by atoms with Gasteiger partial charge in [-0.15, -0.1) is 0 Å². The summed E-state index contributed by atoms with van der Waals surface area (Å²) in [5.74, 6) is -1.23. The lowest BCUT2D eigenvalue weighted by Gasteiger charge is -2.32. The summed E-state index contributed by atoms with van der Waals surface area (Å²) in [5, 5.41) is 2.84. The van der Waals surface area contributed by atoms with Gasteiger partial charge in [0, 0.05) is 31.7 Å². The Balaban J connectivity index is 1.40. The number of anilines is 1. The molecular weight excluding hydrogens is 415 g/mol. The number of ether oxygens (including phenoxy) is 2. The Morgan fingerprint density at radius 3 is 2.97 bits per heavy atom. The van der Waals surface area contributed by atoms with Crippen LogP contribution in [0.2, 0.25) is 0 Å². The lowest BCUT2D eigenvalue weighted by molar-refractivity contribution is -0.144. The van der Waals surface area contributed by atoms with E-state index in [0.29, 0.717) is 51.3 Å². The first-order chi connectivity index (χ1) is 14.8. The van der Waals surface area contributed by atoms with Crippen LogP contribution in [-0.2, 0) is 15.7 Å². The number of nitrogens with one attached hydrogen (secondary N) is 1. The van der Waals surface area contributed by atoms with Crippen LogP contribution in [0.1, 0.15) is 29.0 Å². The largest absolute Gasteiger partial charge is 0.451 e. The Morgan fingerprint density at radius 2 is 2.19 bits per heavy atom. The molecule has 8 nitrogen and oxygen atoms in total. The second-order valence-corrected chi connectivity index (χ2v) is 7.62. The number of amides is 1. The van der Waals surface area contributed by atoms with Gasteiger partial charge < -0.3 is 19.7 Å². The first-order valence-corrected chi connectivity index (χ1v) is 9.94. The molecule has 2 saturated heterocycles. The van der Waals surface area contributed by atoms with Crippen LogP contribution in [0.25, 0.3) is 0 Å². The van der Waals surface area contributed by atoms with Crippen molar-refractivity contribution in [3.05, 3.63) is 48.2 Å². The van der Waals surface area contributed by atoms with E-state index in [0.717, 1.165) is 6.20 Å². The summed E-state index contributed by atoms with van der Waals surface area (Å²) in [7, 11) is 0. The molecule has 4 rings (SSSR count). The maximum absolute atomic E-state index is 13.0. The van der Waals surface area contributed by atoms with E-state index in [9.17, 15) is 18.0 Å². The van der Waals surface area contributed by atoms with Crippen LogP contribution in [-0.4, -0.2) is 65.4 Å². The molecule has 0 radical (unpaired) electrons. The van der Waals surface area contributed by atoms with E-state index in [-0.39, 0.29) is 17.8 Å². The number of carbonyl (C=O) groups is 1. The van der Waals surface area contributed by atoms with Crippen molar-refractivity contribution < 1.29 is 27.4 Å². The smallest absolute Gasteiger partial charge is 0.377 e. The van der Waals surface area contributed by atoms with Gasteiger partial charge in [0.05, 0.1) is 31.4 Å². The van der Waals surface area contributed by atoms with Crippen LogP contribution in [0.5, 0.6) is 0 Å². The molecule has 11 heteroatoms. The predicted molar refractivity (Wildman–Crippen MR) is 103 cm³/mol. The van der Waals surface area contributed by atoms with E-state index in [4.69, 9.17) is 9.47 Å². The number of hydrogen-bond acceptors (Lipinski definition) is 7. The molecule has 2 aliphatic rings. The molecular formula is C20H22F3N5O3. The molecule has 1 spiro atoms. The van der Waals surface area contributed by atoms with Crippen molar-refractivity contribution in [2.45, 2.75) is 30.7 Å². The monoisotopic (exact) mass is 437 g/mol. The lowest BCUT2D eigenvalue weighted by Crippen LogP contribution is -2.46. The number of nitrogens with zero attached hydrogens (tertiary/aromatic N) is 4. The van der Waals surface area contributed by atoms with Crippen LogP contribution in [0.4, 0.5) is 19.0 Å². The molecule has 0 aliphatic carbocycles. The molecule has 2 fully saturated rings. The van der Waals surface area contributed by atoms with Crippen molar-refractivity contribution in [3.8, 4) is 0 Å². The summed E-state index contributed by atoms with van der Waals surface area (Å²) in [5.41, 5.74) is -0.216. The minimum absolute atomic E-state index is 0.184. The Kier molecular flexibility index (Phi) is 6.05. The van der Waals surface area contributed by atoms with Crippen molar-refractivity contribution in [1.29, 1.82) is 0 Å². The molecule has 31 heavy (non-hydrogen) atoms. The molecule has 2 aromatic heterocycles. The van der Waals surface area contributed by atoms with Crippen molar-refractivity contribution >= 4 is 11.7 Å². The number of pyridine rings is 1. The molecule has 0 aromatic carbocycles. The van der Waals surface area contributed by atoms with Gasteiger partial charge in [0.2, 0.25) is 5.82 Å². The number of hydrogen-bond donors (Lipinski definition) is 1. The second kappa shape index (κ2) is 8.75. The van der Waals surface area contributed by atoms with E-state index in [1.807, 2.05) is 0 Å². The summed E-state index contributed by atoms with van der Waals surface area (Å²) in [6.45, 7) is 1.73. The van der Waals surface area contributed by atoms with Crippen molar-refractivity contribution in [1.82, 2.24) is 20.3 Å². The zero-order chi connectivity index (χ0) is 21.9. The van der Waals surface area contributed by atoms with E-state index in [1.165, 1.54) is 12.3 Å². The summed E-state index contributed by atoms with van der Waals surface area (Å²) in [6, 6.07) is 4.81. The fraction of sp³-hybridized carbons (Fsp3) is 0.500. The maximum Gasteiger partial charge on any atom is 0.451 e.